The van der Waals surface area contributed by atoms with Crippen molar-refractivity contribution < 1.29 is 0 Å². The smallest absolute Gasteiger partial charge is 0.109 e. The van der Waals surface area contributed by atoms with E-state index in [1.165, 1.54) is 56.3 Å². The molecule has 2 fully saturated rings. The molecule has 3 atom stereocenters. The van der Waals surface area contributed by atoms with E-state index in [1.807, 2.05) is 6.20 Å². The van der Waals surface area contributed by atoms with Gasteiger partial charge in [-0.25, -0.2) is 4.98 Å². The summed E-state index contributed by atoms with van der Waals surface area (Å²) in [5.41, 5.74) is 2.36. The summed E-state index contributed by atoms with van der Waals surface area (Å²) in [5, 5.41) is 7.45. The standard InChI is InChI=1S/C16H24BrN3/c1-11-9-12(10-19-16(11)17)20-15-6-3-2-5-13(15)14-7-4-8-18-14/h9-10,13-15,18,20H,2-8H2,1H3. The quantitative estimate of drug-likeness (QED) is 0.822. The van der Waals surface area contributed by atoms with Crippen molar-refractivity contribution in [2.24, 2.45) is 5.92 Å². The molecule has 20 heavy (non-hydrogen) atoms. The Morgan fingerprint density at radius 2 is 2.10 bits per heavy atom. The minimum absolute atomic E-state index is 0.599. The topological polar surface area (TPSA) is 37.0 Å². The molecule has 0 radical (unpaired) electrons. The number of pyridine rings is 1. The zero-order valence-corrected chi connectivity index (χ0v) is 13.7. The van der Waals surface area contributed by atoms with Crippen LogP contribution in [0, 0.1) is 12.8 Å². The van der Waals surface area contributed by atoms with Crippen LogP contribution in [0.5, 0.6) is 0 Å². The monoisotopic (exact) mass is 337 g/mol. The minimum Gasteiger partial charge on any atom is -0.381 e. The molecular weight excluding hydrogens is 314 g/mol. The van der Waals surface area contributed by atoms with Gasteiger partial charge in [0.2, 0.25) is 0 Å². The molecule has 0 amide bonds. The maximum Gasteiger partial charge on any atom is 0.109 e. The summed E-state index contributed by atoms with van der Waals surface area (Å²) in [7, 11) is 0. The third-order valence-corrected chi connectivity index (χ3v) is 5.63. The van der Waals surface area contributed by atoms with Crippen LogP contribution in [0.3, 0.4) is 0 Å². The van der Waals surface area contributed by atoms with Crippen molar-refractivity contribution in [1.82, 2.24) is 10.3 Å². The van der Waals surface area contributed by atoms with Crippen LogP contribution in [0.4, 0.5) is 5.69 Å². The van der Waals surface area contributed by atoms with E-state index in [0.29, 0.717) is 6.04 Å². The molecule has 3 rings (SSSR count). The van der Waals surface area contributed by atoms with Gasteiger partial charge in [0, 0.05) is 12.1 Å². The third-order valence-electron chi connectivity index (χ3n) is 4.80. The average Bonchev–Trinajstić information content (AvgIpc) is 2.97. The van der Waals surface area contributed by atoms with Gasteiger partial charge in [-0.3, -0.25) is 0 Å². The van der Waals surface area contributed by atoms with Crippen LogP contribution in [-0.4, -0.2) is 23.6 Å². The molecule has 3 unspecified atom stereocenters. The average molecular weight is 338 g/mol. The van der Waals surface area contributed by atoms with Gasteiger partial charge in [0.25, 0.3) is 0 Å². The van der Waals surface area contributed by atoms with E-state index in [1.54, 1.807) is 0 Å². The predicted octanol–water partition coefficient (Wildman–Crippen LogP) is 3.88. The molecule has 2 N–H and O–H groups in total. The highest BCUT2D eigenvalue weighted by Gasteiger charge is 2.33. The van der Waals surface area contributed by atoms with Gasteiger partial charge in [-0.05, 0) is 72.6 Å². The number of nitrogens with one attached hydrogen (secondary N) is 2. The number of nitrogens with zero attached hydrogens (tertiary/aromatic N) is 1. The SMILES string of the molecule is Cc1cc(NC2CCCCC2C2CCCN2)cnc1Br. The molecule has 0 spiro atoms. The van der Waals surface area contributed by atoms with Crippen LogP contribution < -0.4 is 10.6 Å². The van der Waals surface area contributed by atoms with Crippen molar-refractivity contribution >= 4 is 21.6 Å². The first-order valence-electron chi connectivity index (χ1n) is 7.86. The van der Waals surface area contributed by atoms with Gasteiger partial charge in [-0.1, -0.05) is 12.8 Å². The van der Waals surface area contributed by atoms with Crippen molar-refractivity contribution in [3.63, 3.8) is 0 Å². The van der Waals surface area contributed by atoms with Crippen molar-refractivity contribution in [2.45, 2.75) is 57.5 Å². The number of hydrogen-bond acceptors (Lipinski definition) is 3. The summed E-state index contributed by atoms with van der Waals surface area (Å²) in [4.78, 5) is 4.41. The zero-order valence-electron chi connectivity index (χ0n) is 12.2. The molecule has 2 heterocycles. The molecule has 110 valence electrons. The Morgan fingerprint density at radius 3 is 2.85 bits per heavy atom. The maximum absolute atomic E-state index is 4.41. The molecule has 1 aromatic heterocycles. The normalized spacial score (nSPS) is 30.4. The Bertz CT molecular complexity index is 457. The van der Waals surface area contributed by atoms with E-state index >= 15 is 0 Å². The molecule has 3 nitrogen and oxygen atoms in total. The lowest BCUT2D eigenvalue weighted by molar-refractivity contribution is 0.262. The van der Waals surface area contributed by atoms with Gasteiger partial charge >= 0.3 is 0 Å². The lowest BCUT2D eigenvalue weighted by Gasteiger charge is -2.36. The first kappa shape index (κ1) is 14.3. The number of hydrogen-bond donors (Lipinski definition) is 2. The molecule has 0 bridgehead atoms. The number of aryl methyl sites for hydroxylation is 1. The highest BCUT2D eigenvalue weighted by atomic mass is 79.9. The molecule has 2 aliphatic rings. The first-order valence-corrected chi connectivity index (χ1v) is 8.65. The van der Waals surface area contributed by atoms with E-state index < -0.39 is 0 Å². The van der Waals surface area contributed by atoms with Crippen LogP contribution in [-0.2, 0) is 0 Å². The number of aromatic nitrogens is 1. The summed E-state index contributed by atoms with van der Waals surface area (Å²) in [6, 6.07) is 3.52. The highest BCUT2D eigenvalue weighted by Crippen LogP contribution is 2.32. The van der Waals surface area contributed by atoms with Gasteiger partial charge < -0.3 is 10.6 Å². The number of halogens is 1. The van der Waals surface area contributed by atoms with Crippen LogP contribution in [0.2, 0.25) is 0 Å². The number of anilines is 1. The molecule has 1 saturated heterocycles. The minimum atomic E-state index is 0.599. The summed E-state index contributed by atoms with van der Waals surface area (Å²) >= 11 is 3.47. The van der Waals surface area contributed by atoms with Gasteiger partial charge in [-0.15, -0.1) is 0 Å². The Balaban J connectivity index is 1.71. The molecular formula is C16H24BrN3. The second-order valence-corrected chi connectivity index (χ2v) is 6.98. The summed E-state index contributed by atoms with van der Waals surface area (Å²) in [6.45, 7) is 3.30. The van der Waals surface area contributed by atoms with E-state index in [0.717, 1.165) is 16.6 Å². The fraction of sp³-hybridized carbons (Fsp3) is 0.688. The summed E-state index contributed by atoms with van der Waals surface area (Å²) in [5.74, 6) is 0.773. The van der Waals surface area contributed by atoms with E-state index in [9.17, 15) is 0 Å². The molecule has 1 aromatic rings. The van der Waals surface area contributed by atoms with Crippen LogP contribution in [0.1, 0.15) is 44.1 Å². The fourth-order valence-corrected chi connectivity index (χ4v) is 3.97. The van der Waals surface area contributed by atoms with Crippen molar-refractivity contribution in [1.29, 1.82) is 0 Å². The van der Waals surface area contributed by atoms with E-state index in [2.05, 4.69) is 44.5 Å². The predicted molar refractivity (Wildman–Crippen MR) is 87.1 cm³/mol. The Kier molecular flexibility index (Phi) is 4.61. The Labute approximate surface area is 130 Å². The lowest BCUT2D eigenvalue weighted by atomic mass is 9.79. The van der Waals surface area contributed by atoms with Gasteiger partial charge in [0.15, 0.2) is 0 Å². The summed E-state index contributed by atoms with van der Waals surface area (Å²) < 4.78 is 0.945. The summed E-state index contributed by atoms with van der Waals surface area (Å²) in [6.07, 6.45) is 10.0. The fourth-order valence-electron chi connectivity index (χ4n) is 3.75. The Morgan fingerprint density at radius 1 is 1.25 bits per heavy atom. The zero-order chi connectivity index (χ0) is 13.9. The van der Waals surface area contributed by atoms with Crippen molar-refractivity contribution in [3.05, 3.63) is 22.4 Å². The van der Waals surface area contributed by atoms with Gasteiger partial charge in [0.05, 0.1) is 11.9 Å². The molecule has 1 aliphatic heterocycles. The second-order valence-electron chi connectivity index (χ2n) is 6.23. The van der Waals surface area contributed by atoms with E-state index in [-0.39, 0.29) is 0 Å². The van der Waals surface area contributed by atoms with E-state index in [4.69, 9.17) is 0 Å². The van der Waals surface area contributed by atoms with Crippen LogP contribution >= 0.6 is 15.9 Å². The molecule has 4 heteroatoms. The molecule has 1 saturated carbocycles. The molecule has 0 aromatic carbocycles. The maximum atomic E-state index is 4.41. The second kappa shape index (κ2) is 6.44. The van der Waals surface area contributed by atoms with Crippen LogP contribution in [0.25, 0.3) is 0 Å². The highest BCUT2D eigenvalue weighted by molar-refractivity contribution is 9.10. The van der Waals surface area contributed by atoms with Crippen LogP contribution in [0.15, 0.2) is 16.9 Å². The third kappa shape index (κ3) is 3.17. The van der Waals surface area contributed by atoms with Crippen molar-refractivity contribution in [3.8, 4) is 0 Å². The van der Waals surface area contributed by atoms with Crippen molar-refractivity contribution in [2.75, 3.05) is 11.9 Å². The largest absolute Gasteiger partial charge is 0.381 e. The van der Waals surface area contributed by atoms with Gasteiger partial charge in [-0.2, -0.15) is 0 Å². The lowest BCUT2D eigenvalue weighted by Crippen LogP contribution is -2.43. The van der Waals surface area contributed by atoms with Gasteiger partial charge in [0.1, 0.15) is 4.60 Å². The first-order chi connectivity index (χ1) is 9.74. The number of rotatable bonds is 3. The molecule has 1 aliphatic carbocycles. The Hall–Kier alpha value is -0.610.